The molecule has 26 heavy (non-hydrogen) atoms. The minimum Gasteiger partial charge on any atom is -0.338 e. The highest BCUT2D eigenvalue weighted by Gasteiger charge is 2.38. The van der Waals surface area contributed by atoms with Gasteiger partial charge in [-0.1, -0.05) is 37.5 Å². The number of amides is 2. The Morgan fingerprint density at radius 1 is 1.38 bits per heavy atom. The van der Waals surface area contributed by atoms with E-state index in [0.29, 0.717) is 5.69 Å². The normalized spacial score (nSPS) is 17.7. The molecule has 2 heterocycles. The minimum atomic E-state index is -0.832. The van der Waals surface area contributed by atoms with Crippen molar-refractivity contribution in [1.82, 2.24) is 5.16 Å². The Hall–Kier alpha value is -2.41. The van der Waals surface area contributed by atoms with E-state index in [2.05, 4.69) is 10.5 Å². The van der Waals surface area contributed by atoms with Crippen molar-refractivity contribution in [2.24, 2.45) is 0 Å². The van der Waals surface area contributed by atoms with Crippen molar-refractivity contribution in [3.05, 3.63) is 40.8 Å². The number of hydrogen-bond donors (Lipinski definition) is 1. The molecule has 138 valence electrons. The first-order valence-electron chi connectivity index (χ1n) is 8.22. The van der Waals surface area contributed by atoms with Crippen LogP contribution >= 0.6 is 11.6 Å². The summed E-state index contributed by atoms with van der Waals surface area (Å²) < 4.78 is 19.4. The fourth-order valence-electron chi connectivity index (χ4n) is 2.80. The van der Waals surface area contributed by atoms with E-state index in [1.807, 2.05) is 20.8 Å². The van der Waals surface area contributed by atoms with Crippen LogP contribution in [0.3, 0.4) is 0 Å². The minimum absolute atomic E-state index is 0.0324. The Morgan fingerprint density at radius 3 is 2.73 bits per heavy atom. The summed E-state index contributed by atoms with van der Waals surface area (Å²) in [6.45, 7) is 5.91. The third-order valence-electron chi connectivity index (χ3n) is 4.21. The van der Waals surface area contributed by atoms with Crippen LogP contribution in [0.4, 0.5) is 16.0 Å². The molecule has 8 heteroatoms. The molecule has 1 fully saturated rings. The van der Waals surface area contributed by atoms with Gasteiger partial charge in [-0.3, -0.25) is 19.8 Å². The molecule has 2 amide bonds. The van der Waals surface area contributed by atoms with E-state index in [4.69, 9.17) is 16.1 Å². The van der Waals surface area contributed by atoms with Gasteiger partial charge in [-0.15, -0.1) is 0 Å². The molecule has 0 saturated carbocycles. The van der Waals surface area contributed by atoms with E-state index in [1.54, 1.807) is 6.07 Å². The molecular formula is C18H19ClFN3O3. The summed E-state index contributed by atoms with van der Waals surface area (Å²) in [5, 5.41) is 6.77. The predicted octanol–water partition coefficient (Wildman–Crippen LogP) is 3.90. The first-order chi connectivity index (χ1) is 12.2. The number of nitrogens with zero attached hydrogens (tertiary/aromatic N) is 2. The first kappa shape index (κ1) is 18.4. The number of rotatable bonds is 3. The standard InChI is InChI=1S/C18H19ClFN3O3/c1-18(2,3)14-9-15(26-22-14)21-17(25)13-6-7-16(24)23(13)12-5-4-10(19)8-11(12)20/h4-5,8-9,13H,6-7H2,1-3H3,(H,21,25)/t13-/m0/s1. The van der Waals surface area contributed by atoms with E-state index in [-0.39, 0.29) is 40.8 Å². The Labute approximate surface area is 155 Å². The summed E-state index contributed by atoms with van der Waals surface area (Å²) in [4.78, 5) is 26.0. The number of nitrogens with one attached hydrogen (secondary N) is 1. The lowest BCUT2D eigenvalue weighted by molar-refractivity contribution is -0.120. The lowest BCUT2D eigenvalue weighted by Gasteiger charge is -2.24. The molecule has 1 N–H and O–H groups in total. The average Bonchev–Trinajstić information content (AvgIpc) is 3.14. The molecule has 2 aromatic rings. The fourth-order valence-corrected chi connectivity index (χ4v) is 2.96. The van der Waals surface area contributed by atoms with Crippen molar-refractivity contribution in [3.8, 4) is 0 Å². The van der Waals surface area contributed by atoms with Crippen LogP contribution in [0.15, 0.2) is 28.8 Å². The Bertz CT molecular complexity index is 860. The van der Waals surface area contributed by atoms with Gasteiger partial charge in [-0.2, -0.15) is 0 Å². The van der Waals surface area contributed by atoms with Gasteiger partial charge >= 0.3 is 0 Å². The van der Waals surface area contributed by atoms with Crippen LogP contribution in [0.25, 0.3) is 0 Å². The first-order valence-corrected chi connectivity index (χ1v) is 8.60. The summed E-state index contributed by atoms with van der Waals surface area (Å²) in [5.41, 5.74) is 0.495. The van der Waals surface area contributed by atoms with Crippen LogP contribution in [-0.4, -0.2) is 23.0 Å². The Morgan fingerprint density at radius 2 is 2.12 bits per heavy atom. The number of benzene rings is 1. The molecule has 1 aliphatic heterocycles. The number of aromatic nitrogens is 1. The van der Waals surface area contributed by atoms with Crippen LogP contribution < -0.4 is 10.2 Å². The molecule has 0 aliphatic carbocycles. The summed E-state index contributed by atoms with van der Waals surface area (Å²) in [5.74, 6) is -1.24. The number of hydrogen-bond acceptors (Lipinski definition) is 4. The van der Waals surface area contributed by atoms with Crippen molar-refractivity contribution in [1.29, 1.82) is 0 Å². The van der Waals surface area contributed by atoms with Gasteiger partial charge in [0.15, 0.2) is 0 Å². The number of carbonyl (C=O) groups excluding carboxylic acids is 2. The second kappa shape index (κ2) is 6.72. The monoisotopic (exact) mass is 379 g/mol. The predicted molar refractivity (Wildman–Crippen MR) is 95.8 cm³/mol. The molecular weight excluding hydrogens is 361 g/mol. The summed E-state index contributed by atoms with van der Waals surface area (Å²) in [6, 6.07) is 4.80. The van der Waals surface area contributed by atoms with Crippen LogP contribution in [-0.2, 0) is 15.0 Å². The molecule has 0 unspecified atom stereocenters. The maximum Gasteiger partial charge on any atom is 0.249 e. The SMILES string of the molecule is CC(C)(C)c1cc(NC(=O)[C@@H]2CCC(=O)N2c2ccc(Cl)cc2F)on1. The molecule has 1 aromatic heterocycles. The van der Waals surface area contributed by atoms with Crippen LogP contribution in [0, 0.1) is 5.82 Å². The van der Waals surface area contributed by atoms with E-state index >= 15 is 0 Å². The molecule has 1 aromatic carbocycles. The molecule has 1 aliphatic rings. The highest BCUT2D eigenvalue weighted by atomic mass is 35.5. The largest absolute Gasteiger partial charge is 0.338 e. The third kappa shape index (κ3) is 3.58. The Balaban J connectivity index is 1.81. The van der Waals surface area contributed by atoms with Crippen molar-refractivity contribution in [2.75, 3.05) is 10.2 Å². The van der Waals surface area contributed by atoms with E-state index in [1.165, 1.54) is 17.0 Å². The maximum atomic E-state index is 14.2. The van der Waals surface area contributed by atoms with Gasteiger partial charge in [0.1, 0.15) is 11.9 Å². The van der Waals surface area contributed by atoms with Crippen molar-refractivity contribution < 1.29 is 18.5 Å². The second-order valence-electron chi connectivity index (χ2n) is 7.23. The second-order valence-corrected chi connectivity index (χ2v) is 7.67. The highest BCUT2D eigenvalue weighted by Crippen LogP contribution is 2.31. The van der Waals surface area contributed by atoms with Gasteiger partial charge in [0.05, 0.1) is 11.4 Å². The fraction of sp³-hybridized carbons (Fsp3) is 0.389. The summed E-state index contributed by atoms with van der Waals surface area (Å²) in [7, 11) is 0. The smallest absolute Gasteiger partial charge is 0.249 e. The third-order valence-corrected chi connectivity index (χ3v) is 4.44. The van der Waals surface area contributed by atoms with E-state index < -0.39 is 17.8 Å². The molecule has 0 radical (unpaired) electrons. The van der Waals surface area contributed by atoms with Crippen LogP contribution in [0.1, 0.15) is 39.3 Å². The molecule has 0 spiro atoms. The zero-order valence-electron chi connectivity index (χ0n) is 14.7. The quantitative estimate of drug-likeness (QED) is 0.877. The number of carbonyl (C=O) groups is 2. The van der Waals surface area contributed by atoms with Crippen molar-refractivity contribution >= 4 is 35.0 Å². The zero-order valence-corrected chi connectivity index (χ0v) is 15.4. The molecule has 1 atom stereocenters. The van der Waals surface area contributed by atoms with E-state index in [9.17, 15) is 14.0 Å². The zero-order chi connectivity index (χ0) is 19.1. The summed E-state index contributed by atoms with van der Waals surface area (Å²) in [6.07, 6.45) is 0.441. The van der Waals surface area contributed by atoms with Gasteiger partial charge in [0.25, 0.3) is 0 Å². The highest BCUT2D eigenvalue weighted by molar-refractivity contribution is 6.30. The van der Waals surface area contributed by atoms with Gasteiger partial charge < -0.3 is 4.52 Å². The molecule has 0 bridgehead atoms. The van der Waals surface area contributed by atoms with Gasteiger partial charge in [0.2, 0.25) is 17.7 Å². The summed E-state index contributed by atoms with van der Waals surface area (Å²) >= 11 is 5.76. The average molecular weight is 380 g/mol. The molecule has 3 rings (SSSR count). The van der Waals surface area contributed by atoms with Gasteiger partial charge in [0, 0.05) is 22.9 Å². The molecule has 6 nitrogen and oxygen atoms in total. The van der Waals surface area contributed by atoms with Crippen LogP contribution in [0.5, 0.6) is 0 Å². The van der Waals surface area contributed by atoms with Crippen LogP contribution in [0.2, 0.25) is 5.02 Å². The Kier molecular flexibility index (Phi) is 4.75. The van der Waals surface area contributed by atoms with Gasteiger partial charge in [-0.05, 0) is 24.6 Å². The van der Waals surface area contributed by atoms with Crippen molar-refractivity contribution in [3.63, 3.8) is 0 Å². The topological polar surface area (TPSA) is 75.4 Å². The lowest BCUT2D eigenvalue weighted by atomic mass is 9.92. The van der Waals surface area contributed by atoms with Gasteiger partial charge in [-0.25, -0.2) is 4.39 Å². The lowest BCUT2D eigenvalue weighted by Crippen LogP contribution is -2.42. The number of halogens is 2. The van der Waals surface area contributed by atoms with Crippen molar-refractivity contribution in [2.45, 2.75) is 45.1 Å². The molecule has 1 saturated heterocycles. The maximum absolute atomic E-state index is 14.2. The number of anilines is 2. The van der Waals surface area contributed by atoms with E-state index in [0.717, 1.165) is 6.07 Å².